The topological polar surface area (TPSA) is 110 Å². The van der Waals surface area contributed by atoms with Crippen molar-refractivity contribution < 1.29 is 14.4 Å². The van der Waals surface area contributed by atoms with Gasteiger partial charge in [0.05, 0.1) is 5.52 Å². The molecule has 1 N–H and O–H groups in total. The number of fused-ring (bicyclic) bond motifs is 2. The highest BCUT2D eigenvalue weighted by Crippen LogP contribution is 2.59. The lowest BCUT2D eigenvalue weighted by Crippen LogP contribution is -2.51. The fraction of sp³-hybridized carbons (Fsp3) is 0.517. The summed E-state index contributed by atoms with van der Waals surface area (Å²) in [5, 5.41) is 8.31. The van der Waals surface area contributed by atoms with E-state index >= 15 is 0 Å². The molecule has 5 atom stereocenters. The van der Waals surface area contributed by atoms with Crippen molar-refractivity contribution >= 4 is 51.7 Å². The van der Waals surface area contributed by atoms with Crippen molar-refractivity contribution in [3.05, 3.63) is 41.6 Å². The summed E-state index contributed by atoms with van der Waals surface area (Å²) in [7, 11) is 0. The zero-order valence-corrected chi connectivity index (χ0v) is 24.7. The third-order valence-corrected chi connectivity index (χ3v) is 9.71. The molecule has 6 rings (SSSR count). The van der Waals surface area contributed by atoms with E-state index in [0.717, 1.165) is 28.6 Å². The monoisotopic (exact) mass is 582 g/mol. The van der Waals surface area contributed by atoms with Gasteiger partial charge in [-0.15, -0.1) is 23.2 Å². The van der Waals surface area contributed by atoms with Gasteiger partial charge in [0.1, 0.15) is 28.4 Å². The number of rotatable bonds is 7. The van der Waals surface area contributed by atoms with Crippen LogP contribution in [0.2, 0.25) is 0 Å². The molecular weight excluding hydrogens is 551 g/mol. The molecule has 1 saturated heterocycles. The lowest BCUT2D eigenvalue weighted by Gasteiger charge is -2.28. The Bertz CT molecular complexity index is 1570. The molecule has 40 heavy (non-hydrogen) atoms. The fourth-order valence-corrected chi connectivity index (χ4v) is 7.09. The second-order valence-electron chi connectivity index (χ2n) is 12.0. The van der Waals surface area contributed by atoms with Gasteiger partial charge in [-0.2, -0.15) is 5.10 Å². The van der Waals surface area contributed by atoms with Gasteiger partial charge in [-0.25, -0.2) is 9.97 Å². The molecule has 3 aromatic rings. The smallest absolute Gasteiger partial charge is 0.245 e. The van der Waals surface area contributed by atoms with E-state index in [2.05, 4.69) is 27.3 Å². The van der Waals surface area contributed by atoms with Gasteiger partial charge in [-0.1, -0.05) is 6.92 Å². The SMILES string of the molecule is CC(=O)c1nn(CC(=O)N2[C@H](C(=O)N[C@H](C)[C@H]3CC3(Cl)Cl)C[C@@]3(C)C[C@@H]23)c2c(C)cc(-c3cnc(C)nc3)cc12. The molecule has 2 amide bonds. The minimum atomic E-state index is -0.800. The lowest BCUT2D eigenvalue weighted by molar-refractivity contribution is -0.140. The largest absolute Gasteiger partial charge is 0.351 e. The van der Waals surface area contributed by atoms with Crippen molar-refractivity contribution in [1.82, 2.24) is 30.0 Å². The summed E-state index contributed by atoms with van der Waals surface area (Å²) in [5.74, 6) is 0.108. The maximum atomic E-state index is 13.8. The first-order valence-electron chi connectivity index (χ1n) is 13.6. The van der Waals surface area contributed by atoms with E-state index in [4.69, 9.17) is 23.2 Å². The first-order chi connectivity index (χ1) is 18.8. The minimum absolute atomic E-state index is 0.00441. The number of alkyl halides is 2. The third kappa shape index (κ3) is 4.57. The maximum absolute atomic E-state index is 13.8. The number of hydrogen-bond donors (Lipinski definition) is 1. The maximum Gasteiger partial charge on any atom is 0.245 e. The average molecular weight is 584 g/mol. The summed E-state index contributed by atoms with van der Waals surface area (Å²) in [6.45, 7) is 9.18. The molecule has 210 valence electrons. The van der Waals surface area contributed by atoms with Crippen LogP contribution in [0.15, 0.2) is 24.5 Å². The van der Waals surface area contributed by atoms with Gasteiger partial charge in [0, 0.05) is 48.3 Å². The van der Waals surface area contributed by atoms with Crippen LogP contribution in [-0.2, 0) is 16.1 Å². The van der Waals surface area contributed by atoms with Crippen LogP contribution in [-0.4, -0.2) is 64.7 Å². The van der Waals surface area contributed by atoms with Gasteiger partial charge in [0.25, 0.3) is 0 Å². The molecule has 3 aliphatic rings. The number of nitrogens with zero attached hydrogens (tertiary/aromatic N) is 5. The summed E-state index contributed by atoms with van der Waals surface area (Å²) in [5.41, 5.74) is 3.52. The van der Waals surface area contributed by atoms with E-state index in [-0.39, 0.29) is 47.6 Å². The number of carbonyl (C=O) groups is 3. The minimum Gasteiger partial charge on any atom is -0.351 e. The van der Waals surface area contributed by atoms with Crippen LogP contribution in [0.25, 0.3) is 22.0 Å². The molecule has 0 bridgehead atoms. The number of Topliss-reactive ketones (excluding diaryl/α,β-unsaturated/α-hetero) is 1. The van der Waals surface area contributed by atoms with Gasteiger partial charge >= 0.3 is 0 Å². The van der Waals surface area contributed by atoms with Crippen LogP contribution in [0, 0.1) is 25.2 Å². The Labute approximate surface area is 242 Å². The van der Waals surface area contributed by atoms with E-state index < -0.39 is 10.4 Å². The number of piperidine rings is 1. The first kappa shape index (κ1) is 27.1. The number of aromatic nitrogens is 4. The fourth-order valence-electron chi connectivity index (χ4n) is 6.38. The number of hydrogen-bond acceptors (Lipinski definition) is 6. The second kappa shape index (κ2) is 9.24. The normalized spacial score (nSPS) is 26.9. The Morgan fingerprint density at radius 3 is 2.40 bits per heavy atom. The average Bonchev–Trinajstić information content (AvgIpc) is 3.62. The van der Waals surface area contributed by atoms with Crippen molar-refractivity contribution in [2.45, 2.75) is 82.9 Å². The standard InChI is InChI=1S/C29H32Cl2N6O3/c1-14-6-18(19-11-32-17(4)33-12-19)7-20-25(16(3)38)35-36(26(14)20)13-24(39)37-22(9-28(5)10-23(28)37)27(40)34-15(2)21-8-29(21,30)31/h6-7,11-12,15,21-23H,8-10,13H2,1-5H3,(H,34,40)/t15-,21-,22+,23-,28+/m1/s1. The highest BCUT2D eigenvalue weighted by Gasteiger charge is 2.64. The molecule has 2 aromatic heterocycles. The first-order valence-corrected chi connectivity index (χ1v) is 14.3. The Morgan fingerprint density at radius 1 is 1.10 bits per heavy atom. The van der Waals surface area contributed by atoms with Crippen LogP contribution in [0.4, 0.5) is 0 Å². The van der Waals surface area contributed by atoms with E-state index in [0.29, 0.717) is 29.7 Å². The summed E-state index contributed by atoms with van der Waals surface area (Å²) in [6.07, 6.45) is 5.61. The molecule has 3 heterocycles. The predicted molar refractivity (Wildman–Crippen MR) is 152 cm³/mol. The van der Waals surface area contributed by atoms with Crippen molar-refractivity contribution in [2.24, 2.45) is 11.3 Å². The number of likely N-dealkylation sites (tertiary alicyclic amines) is 1. The Morgan fingerprint density at radius 2 is 1.77 bits per heavy atom. The molecule has 3 fully saturated rings. The molecule has 0 radical (unpaired) electrons. The van der Waals surface area contributed by atoms with Gasteiger partial charge in [0.2, 0.25) is 11.8 Å². The number of ketones is 1. The summed E-state index contributed by atoms with van der Waals surface area (Å²) in [6, 6.07) is 3.14. The van der Waals surface area contributed by atoms with Crippen LogP contribution < -0.4 is 5.32 Å². The second-order valence-corrected chi connectivity index (χ2v) is 13.6. The zero-order valence-electron chi connectivity index (χ0n) is 23.2. The molecule has 0 unspecified atom stereocenters. The number of nitrogens with one attached hydrogen (secondary N) is 1. The van der Waals surface area contributed by atoms with Crippen molar-refractivity contribution in [2.75, 3.05) is 0 Å². The summed E-state index contributed by atoms with van der Waals surface area (Å²) < 4.78 is 0.806. The number of aryl methyl sites for hydroxylation is 2. The van der Waals surface area contributed by atoms with E-state index in [1.165, 1.54) is 6.92 Å². The van der Waals surface area contributed by atoms with Crippen LogP contribution in [0.1, 0.15) is 61.9 Å². The molecule has 11 heteroatoms. The number of benzene rings is 1. The highest BCUT2D eigenvalue weighted by molar-refractivity contribution is 6.51. The van der Waals surface area contributed by atoms with Gasteiger partial charge in [-0.05, 0) is 68.7 Å². The quantitative estimate of drug-likeness (QED) is 0.327. The highest BCUT2D eigenvalue weighted by atomic mass is 35.5. The van der Waals surface area contributed by atoms with Crippen molar-refractivity contribution in [3.63, 3.8) is 0 Å². The van der Waals surface area contributed by atoms with E-state index in [9.17, 15) is 14.4 Å². The number of halogens is 2. The molecule has 9 nitrogen and oxygen atoms in total. The molecule has 1 aromatic carbocycles. The van der Waals surface area contributed by atoms with Crippen molar-refractivity contribution in [1.29, 1.82) is 0 Å². The Kier molecular flexibility index (Phi) is 6.27. The van der Waals surface area contributed by atoms with Crippen LogP contribution in [0.3, 0.4) is 0 Å². The molecular formula is C29H32Cl2N6O3. The van der Waals surface area contributed by atoms with E-state index in [1.807, 2.05) is 32.9 Å². The van der Waals surface area contributed by atoms with Gasteiger partial charge in [0.15, 0.2) is 5.78 Å². The molecule has 1 aliphatic heterocycles. The molecule has 2 saturated carbocycles. The third-order valence-electron chi connectivity index (χ3n) is 8.84. The van der Waals surface area contributed by atoms with Gasteiger partial charge in [-0.3, -0.25) is 19.1 Å². The number of amides is 2. The molecule has 0 spiro atoms. The Balaban J connectivity index is 1.29. The van der Waals surface area contributed by atoms with Gasteiger partial charge < -0.3 is 10.2 Å². The number of carbonyl (C=O) groups excluding carboxylic acids is 3. The van der Waals surface area contributed by atoms with Crippen molar-refractivity contribution in [3.8, 4) is 11.1 Å². The Hall–Kier alpha value is -3.04. The summed E-state index contributed by atoms with van der Waals surface area (Å²) in [4.78, 5) is 50.1. The van der Waals surface area contributed by atoms with Crippen LogP contribution in [0.5, 0.6) is 0 Å². The van der Waals surface area contributed by atoms with Crippen LogP contribution >= 0.6 is 23.2 Å². The predicted octanol–water partition coefficient (Wildman–Crippen LogP) is 4.39. The molecule has 2 aliphatic carbocycles. The lowest BCUT2D eigenvalue weighted by atomic mass is 10.0. The summed E-state index contributed by atoms with van der Waals surface area (Å²) >= 11 is 12.4. The zero-order chi connectivity index (χ0) is 28.7. The van der Waals surface area contributed by atoms with E-state index in [1.54, 1.807) is 22.0 Å².